The monoisotopic (exact) mass is 372 g/mol. The van der Waals surface area contributed by atoms with Gasteiger partial charge in [0.15, 0.2) is 5.88 Å². The molecule has 3 aliphatic rings. The van der Waals surface area contributed by atoms with Crippen molar-refractivity contribution in [2.24, 2.45) is 0 Å². The van der Waals surface area contributed by atoms with Crippen LogP contribution in [0, 0.1) is 0 Å². The average Bonchev–Trinajstić information content (AvgIpc) is 3.20. The average molecular weight is 372 g/mol. The SMILES string of the molecule is C=C(OCC)N1CCc2sc(/C=C3/C(=O)N4C(C(=O)O)=CCC34)cc2C1. The molecule has 4 heterocycles. The fourth-order valence-electron chi connectivity index (χ4n) is 3.73. The largest absolute Gasteiger partial charge is 0.480 e. The van der Waals surface area contributed by atoms with Gasteiger partial charge in [0, 0.05) is 28.4 Å². The number of carbonyl (C=O) groups excluding carboxylic acids is 1. The molecule has 1 amide bonds. The molecule has 4 rings (SSSR count). The smallest absolute Gasteiger partial charge is 0.352 e. The molecule has 1 aromatic rings. The molecule has 26 heavy (non-hydrogen) atoms. The van der Waals surface area contributed by atoms with Crippen molar-refractivity contribution >= 4 is 29.3 Å². The predicted octanol–water partition coefficient (Wildman–Crippen LogP) is 2.58. The second-order valence-corrected chi connectivity index (χ2v) is 7.68. The molecular weight excluding hydrogens is 352 g/mol. The second kappa shape index (κ2) is 6.32. The van der Waals surface area contributed by atoms with Crippen molar-refractivity contribution in [3.05, 3.63) is 51.2 Å². The van der Waals surface area contributed by atoms with E-state index in [1.807, 2.05) is 13.0 Å². The van der Waals surface area contributed by atoms with E-state index in [0.717, 1.165) is 24.4 Å². The lowest BCUT2D eigenvalue weighted by Crippen LogP contribution is -2.52. The van der Waals surface area contributed by atoms with Crippen molar-refractivity contribution in [1.29, 1.82) is 0 Å². The Labute approximate surface area is 155 Å². The van der Waals surface area contributed by atoms with E-state index in [1.165, 1.54) is 15.3 Å². The molecule has 7 heteroatoms. The van der Waals surface area contributed by atoms with Crippen LogP contribution in [0.2, 0.25) is 0 Å². The molecule has 0 bridgehead atoms. The first kappa shape index (κ1) is 16.9. The summed E-state index contributed by atoms with van der Waals surface area (Å²) in [6.07, 6.45) is 5.06. The maximum Gasteiger partial charge on any atom is 0.352 e. The van der Waals surface area contributed by atoms with E-state index in [2.05, 4.69) is 17.5 Å². The number of β-lactam (4-membered cyclic amide) rings is 1. The molecule has 0 aromatic carbocycles. The number of rotatable bonds is 5. The maximum absolute atomic E-state index is 12.3. The van der Waals surface area contributed by atoms with E-state index >= 15 is 0 Å². The van der Waals surface area contributed by atoms with Gasteiger partial charge in [-0.25, -0.2) is 4.79 Å². The number of nitrogens with zero attached hydrogens (tertiary/aromatic N) is 2. The third-order valence-electron chi connectivity index (χ3n) is 5.00. The van der Waals surface area contributed by atoms with E-state index in [4.69, 9.17) is 9.84 Å². The fraction of sp³-hybridized carbons (Fsp3) is 0.368. The lowest BCUT2D eigenvalue weighted by atomic mass is 9.94. The van der Waals surface area contributed by atoms with Gasteiger partial charge in [-0.15, -0.1) is 11.3 Å². The van der Waals surface area contributed by atoms with Crippen LogP contribution in [-0.4, -0.2) is 46.0 Å². The minimum absolute atomic E-state index is 0.104. The number of carboxylic acids is 1. The standard InChI is InChI=1S/C19H20N2O4S/c1-3-25-11(2)20-7-6-17-12(10-20)8-13(26-17)9-14-15-4-5-16(19(23)24)21(15)18(14)22/h5,8-9,15H,2-4,6-7,10H2,1H3,(H,23,24)/b14-9+. The second-order valence-electron chi connectivity index (χ2n) is 6.52. The molecule has 0 saturated carbocycles. The molecule has 1 atom stereocenters. The highest BCUT2D eigenvalue weighted by Crippen LogP contribution is 2.40. The Kier molecular flexibility index (Phi) is 4.11. The number of hydrogen-bond acceptors (Lipinski definition) is 5. The molecule has 136 valence electrons. The van der Waals surface area contributed by atoms with Crippen LogP contribution in [-0.2, 0) is 27.3 Å². The summed E-state index contributed by atoms with van der Waals surface area (Å²) in [5.41, 5.74) is 2.05. The molecule has 1 unspecified atom stereocenters. The van der Waals surface area contributed by atoms with Crippen LogP contribution in [0.5, 0.6) is 0 Å². The van der Waals surface area contributed by atoms with Crippen LogP contribution in [0.15, 0.2) is 35.9 Å². The van der Waals surface area contributed by atoms with Gasteiger partial charge in [0.2, 0.25) is 0 Å². The third-order valence-corrected chi connectivity index (χ3v) is 6.18. The summed E-state index contributed by atoms with van der Waals surface area (Å²) in [4.78, 5) is 29.4. The van der Waals surface area contributed by atoms with Crippen LogP contribution in [0.3, 0.4) is 0 Å². The van der Waals surface area contributed by atoms with E-state index in [9.17, 15) is 9.59 Å². The van der Waals surface area contributed by atoms with Gasteiger partial charge in [0.1, 0.15) is 5.70 Å². The van der Waals surface area contributed by atoms with Gasteiger partial charge in [-0.3, -0.25) is 9.69 Å². The molecule has 1 fully saturated rings. The summed E-state index contributed by atoms with van der Waals surface area (Å²) in [6.45, 7) is 8.17. The molecule has 1 aromatic heterocycles. The Morgan fingerprint density at radius 3 is 3.08 bits per heavy atom. The number of hydrogen-bond donors (Lipinski definition) is 1. The first-order valence-electron chi connectivity index (χ1n) is 8.66. The van der Waals surface area contributed by atoms with Crippen LogP contribution in [0.4, 0.5) is 0 Å². The number of carboxylic acid groups (broad SMARTS) is 1. The van der Waals surface area contributed by atoms with Gasteiger partial charge in [0.05, 0.1) is 12.6 Å². The molecule has 1 saturated heterocycles. The van der Waals surface area contributed by atoms with Crippen molar-refractivity contribution in [2.45, 2.75) is 32.4 Å². The number of ether oxygens (including phenoxy) is 1. The number of aliphatic carboxylic acids is 1. The summed E-state index contributed by atoms with van der Waals surface area (Å²) in [7, 11) is 0. The van der Waals surface area contributed by atoms with E-state index in [-0.39, 0.29) is 17.6 Å². The van der Waals surface area contributed by atoms with Crippen LogP contribution in [0.1, 0.15) is 28.7 Å². The summed E-state index contributed by atoms with van der Waals surface area (Å²) in [6, 6.07) is 2.00. The van der Waals surface area contributed by atoms with Crippen molar-refractivity contribution in [3.63, 3.8) is 0 Å². The fourth-order valence-corrected chi connectivity index (χ4v) is 4.85. The molecule has 6 nitrogen and oxygen atoms in total. The Balaban J connectivity index is 1.50. The molecule has 0 aliphatic carbocycles. The zero-order chi connectivity index (χ0) is 18.4. The lowest BCUT2D eigenvalue weighted by Gasteiger charge is -2.38. The molecule has 0 spiro atoms. The zero-order valence-electron chi connectivity index (χ0n) is 14.5. The van der Waals surface area contributed by atoms with E-state index in [1.54, 1.807) is 17.4 Å². The first-order chi connectivity index (χ1) is 12.5. The molecule has 3 aliphatic heterocycles. The summed E-state index contributed by atoms with van der Waals surface area (Å²) >= 11 is 1.71. The van der Waals surface area contributed by atoms with Crippen molar-refractivity contribution in [2.75, 3.05) is 13.2 Å². The first-order valence-corrected chi connectivity index (χ1v) is 9.48. The minimum Gasteiger partial charge on any atom is -0.480 e. The Morgan fingerprint density at radius 1 is 1.54 bits per heavy atom. The summed E-state index contributed by atoms with van der Waals surface area (Å²) < 4.78 is 5.50. The summed E-state index contributed by atoms with van der Waals surface area (Å²) in [5.74, 6) is -0.535. The van der Waals surface area contributed by atoms with Gasteiger partial charge < -0.3 is 14.7 Å². The normalized spacial score (nSPS) is 22.7. The van der Waals surface area contributed by atoms with E-state index in [0.29, 0.717) is 24.5 Å². The van der Waals surface area contributed by atoms with Crippen molar-refractivity contribution in [3.8, 4) is 0 Å². The highest BCUT2D eigenvalue weighted by molar-refractivity contribution is 7.13. The topological polar surface area (TPSA) is 70.1 Å². The van der Waals surface area contributed by atoms with Crippen molar-refractivity contribution in [1.82, 2.24) is 9.80 Å². The molecule has 0 radical (unpaired) electrons. The van der Waals surface area contributed by atoms with Crippen LogP contribution >= 0.6 is 11.3 Å². The van der Waals surface area contributed by atoms with Gasteiger partial charge in [0.25, 0.3) is 5.91 Å². The molecule has 1 N–H and O–H groups in total. The molecular formula is C19H20N2O4S. The number of carbonyl (C=O) groups is 2. The maximum atomic E-state index is 12.3. The Morgan fingerprint density at radius 2 is 2.35 bits per heavy atom. The van der Waals surface area contributed by atoms with Crippen molar-refractivity contribution < 1.29 is 19.4 Å². The summed E-state index contributed by atoms with van der Waals surface area (Å²) in [5, 5.41) is 9.15. The van der Waals surface area contributed by atoms with Gasteiger partial charge in [-0.05, 0) is 44.1 Å². The highest BCUT2D eigenvalue weighted by atomic mass is 32.1. The number of fused-ring (bicyclic) bond motifs is 2. The number of thiophene rings is 1. The Hall–Kier alpha value is -2.54. The highest BCUT2D eigenvalue weighted by Gasteiger charge is 2.48. The quantitative estimate of drug-likeness (QED) is 0.489. The zero-order valence-corrected chi connectivity index (χ0v) is 15.3. The predicted molar refractivity (Wildman–Crippen MR) is 98.1 cm³/mol. The van der Waals surface area contributed by atoms with Gasteiger partial charge in [-0.2, -0.15) is 0 Å². The van der Waals surface area contributed by atoms with E-state index < -0.39 is 5.97 Å². The van der Waals surface area contributed by atoms with Gasteiger partial charge >= 0.3 is 5.97 Å². The lowest BCUT2D eigenvalue weighted by molar-refractivity contribution is -0.142. The minimum atomic E-state index is -1.04. The Bertz CT molecular complexity index is 867. The third kappa shape index (κ3) is 2.63. The van der Waals surface area contributed by atoms with Crippen LogP contribution < -0.4 is 0 Å². The number of amides is 1. The van der Waals surface area contributed by atoms with Crippen LogP contribution in [0.25, 0.3) is 6.08 Å². The van der Waals surface area contributed by atoms with Gasteiger partial charge in [-0.1, -0.05) is 6.08 Å².